The lowest BCUT2D eigenvalue weighted by atomic mass is 10.1. The lowest BCUT2D eigenvalue weighted by Gasteiger charge is -2.07. The van der Waals surface area contributed by atoms with E-state index in [0.29, 0.717) is 6.61 Å². The smallest absolute Gasteiger partial charge is 0.122 e. The second kappa shape index (κ2) is 5.69. The van der Waals surface area contributed by atoms with Gasteiger partial charge in [-0.05, 0) is 48.6 Å². The Kier molecular flexibility index (Phi) is 3.76. The summed E-state index contributed by atoms with van der Waals surface area (Å²) in [7, 11) is 0. The Labute approximate surface area is 122 Å². The Hall–Kier alpha value is -1.78. The molecule has 0 aliphatic heterocycles. The third-order valence-electron chi connectivity index (χ3n) is 3.24. The molecule has 3 nitrogen and oxygen atoms in total. The number of rotatable bonds is 5. The Morgan fingerprint density at radius 3 is 3.00 bits per heavy atom. The predicted molar refractivity (Wildman–Crippen MR) is 84.3 cm³/mol. The fourth-order valence-electron chi connectivity index (χ4n) is 2.31. The number of hydrogen-bond donors (Lipinski definition) is 2. The number of fused-ring (bicyclic) bond motifs is 1. The highest BCUT2D eigenvalue weighted by Crippen LogP contribution is 2.25. The van der Waals surface area contributed by atoms with Crippen LogP contribution in [0, 0.1) is 0 Å². The maximum Gasteiger partial charge on any atom is 0.122 e. The monoisotopic (exact) mass is 286 g/mol. The number of hydrogen-bond acceptors (Lipinski definition) is 3. The summed E-state index contributed by atoms with van der Waals surface area (Å²) >= 11 is 1.71. The van der Waals surface area contributed by atoms with Crippen molar-refractivity contribution in [1.29, 1.82) is 0 Å². The van der Waals surface area contributed by atoms with E-state index in [1.807, 2.05) is 25.3 Å². The van der Waals surface area contributed by atoms with Crippen LogP contribution in [0.5, 0.6) is 5.75 Å². The normalized spacial score (nSPS) is 12.7. The first kappa shape index (κ1) is 13.2. The lowest BCUT2D eigenvalue weighted by molar-refractivity contribution is 0.310. The second-order valence-electron chi connectivity index (χ2n) is 5.07. The van der Waals surface area contributed by atoms with Crippen molar-refractivity contribution in [3.8, 4) is 5.75 Å². The molecule has 0 spiro atoms. The molecule has 4 heteroatoms. The summed E-state index contributed by atoms with van der Waals surface area (Å²) in [5.41, 5.74) is 8.27. The number of thiophene rings is 1. The van der Waals surface area contributed by atoms with Gasteiger partial charge in [0.25, 0.3) is 0 Å². The highest BCUT2D eigenvalue weighted by molar-refractivity contribution is 7.09. The fraction of sp³-hybridized carbons (Fsp3) is 0.250. The van der Waals surface area contributed by atoms with Crippen LogP contribution in [0.3, 0.4) is 0 Å². The third kappa shape index (κ3) is 2.86. The molecule has 2 heterocycles. The van der Waals surface area contributed by atoms with E-state index in [9.17, 15) is 0 Å². The summed E-state index contributed by atoms with van der Waals surface area (Å²) in [6.07, 6.45) is 2.91. The van der Waals surface area contributed by atoms with Gasteiger partial charge in [0.15, 0.2) is 0 Å². The Balaban J connectivity index is 1.81. The summed E-state index contributed by atoms with van der Waals surface area (Å²) < 4.78 is 5.85. The number of nitrogens with one attached hydrogen (secondary N) is 1. The van der Waals surface area contributed by atoms with E-state index in [4.69, 9.17) is 10.5 Å². The molecule has 0 saturated heterocycles. The Morgan fingerprint density at radius 1 is 1.35 bits per heavy atom. The molecule has 1 aromatic carbocycles. The van der Waals surface area contributed by atoms with E-state index in [2.05, 4.69) is 28.6 Å². The van der Waals surface area contributed by atoms with Gasteiger partial charge in [0.1, 0.15) is 12.4 Å². The quantitative estimate of drug-likeness (QED) is 0.751. The Bertz CT molecular complexity index is 686. The van der Waals surface area contributed by atoms with E-state index in [1.165, 1.54) is 15.8 Å². The molecule has 0 fully saturated rings. The largest absolute Gasteiger partial charge is 0.488 e. The number of aromatic amines is 1. The van der Waals surface area contributed by atoms with E-state index >= 15 is 0 Å². The minimum Gasteiger partial charge on any atom is -0.488 e. The van der Waals surface area contributed by atoms with Gasteiger partial charge < -0.3 is 15.5 Å². The van der Waals surface area contributed by atoms with E-state index < -0.39 is 0 Å². The predicted octanol–water partition coefficient (Wildman–Crippen LogP) is 3.70. The van der Waals surface area contributed by atoms with Crippen molar-refractivity contribution in [2.24, 2.45) is 5.73 Å². The molecular formula is C16H18N2OS. The molecule has 0 aliphatic carbocycles. The molecule has 104 valence electrons. The molecule has 0 aliphatic rings. The molecule has 3 N–H and O–H groups in total. The molecular weight excluding hydrogens is 268 g/mol. The average molecular weight is 286 g/mol. The highest BCUT2D eigenvalue weighted by Gasteiger charge is 2.07. The maximum atomic E-state index is 5.89. The van der Waals surface area contributed by atoms with Crippen LogP contribution in [0.1, 0.15) is 17.4 Å². The average Bonchev–Trinajstić information content (AvgIpc) is 3.06. The molecule has 0 amide bonds. The van der Waals surface area contributed by atoms with Gasteiger partial charge in [0, 0.05) is 28.0 Å². The van der Waals surface area contributed by atoms with Crippen LogP contribution in [-0.2, 0) is 13.0 Å². The first-order valence-electron chi connectivity index (χ1n) is 6.73. The number of nitrogens with two attached hydrogens (primary N) is 1. The first-order chi connectivity index (χ1) is 9.72. The summed E-state index contributed by atoms with van der Waals surface area (Å²) in [4.78, 5) is 4.51. The molecule has 3 rings (SSSR count). The van der Waals surface area contributed by atoms with Gasteiger partial charge in [-0.2, -0.15) is 0 Å². The zero-order chi connectivity index (χ0) is 13.9. The van der Waals surface area contributed by atoms with Gasteiger partial charge in [-0.25, -0.2) is 0 Å². The van der Waals surface area contributed by atoms with Crippen molar-refractivity contribution >= 4 is 22.2 Å². The van der Waals surface area contributed by atoms with Crippen molar-refractivity contribution in [1.82, 2.24) is 4.98 Å². The van der Waals surface area contributed by atoms with Gasteiger partial charge >= 0.3 is 0 Å². The van der Waals surface area contributed by atoms with Gasteiger partial charge in [-0.1, -0.05) is 6.07 Å². The SMILES string of the molecule is C[C@@H](N)Cc1c[nH]c2ccc(OCc3cccs3)cc12. The van der Waals surface area contributed by atoms with E-state index in [1.54, 1.807) is 11.3 Å². The molecule has 0 bridgehead atoms. The molecule has 0 radical (unpaired) electrons. The maximum absolute atomic E-state index is 5.89. The van der Waals surface area contributed by atoms with Gasteiger partial charge in [0.05, 0.1) is 0 Å². The topological polar surface area (TPSA) is 51.0 Å². The van der Waals surface area contributed by atoms with Crippen molar-refractivity contribution in [3.63, 3.8) is 0 Å². The fourth-order valence-corrected chi connectivity index (χ4v) is 2.93. The molecule has 3 aromatic rings. The first-order valence-corrected chi connectivity index (χ1v) is 7.61. The van der Waals surface area contributed by atoms with Crippen molar-refractivity contribution in [2.45, 2.75) is 26.0 Å². The lowest BCUT2D eigenvalue weighted by Crippen LogP contribution is -2.17. The van der Waals surface area contributed by atoms with Crippen molar-refractivity contribution < 1.29 is 4.74 Å². The van der Waals surface area contributed by atoms with Crippen LogP contribution in [0.4, 0.5) is 0 Å². The highest BCUT2D eigenvalue weighted by atomic mass is 32.1. The summed E-state index contributed by atoms with van der Waals surface area (Å²) in [5, 5.41) is 3.26. The molecule has 0 unspecified atom stereocenters. The summed E-state index contributed by atoms with van der Waals surface area (Å²) in [5.74, 6) is 0.899. The van der Waals surface area contributed by atoms with Crippen LogP contribution in [0.15, 0.2) is 41.9 Å². The van der Waals surface area contributed by atoms with Crippen LogP contribution in [0.25, 0.3) is 10.9 Å². The number of aromatic nitrogens is 1. The standard InChI is InChI=1S/C16H18N2OS/c1-11(17)7-12-9-18-16-5-4-13(8-15(12)16)19-10-14-3-2-6-20-14/h2-6,8-9,11,18H,7,10,17H2,1H3/t11-/m1/s1. The second-order valence-corrected chi connectivity index (χ2v) is 6.10. The molecule has 2 aromatic heterocycles. The minimum absolute atomic E-state index is 0.157. The van der Waals surface area contributed by atoms with Crippen LogP contribution in [0.2, 0.25) is 0 Å². The van der Waals surface area contributed by atoms with Gasteiger partial charge in [-0.3, -0.25) is 0 Å². The Morgan fingerprint density at radius 2 is 2.25 bits per heavy atom. The van der Waals surface area contributed by atoms with Crippen LogP contribution in [-0.4, -0.2) is 11.0 Å². The van der Waals surface area contributed by atoms with Crippen molar-refractivity contribution in [2.75, 3.05) is 0 Å². The number of ether oxygens (including phenoxy) is 1. The van der Waals surface area contributed by atoms with Gasteiger partial charge in [0.2, 0.25) is 0 Å². The minimum atomic E-state index is 0.157. The van der Waals surface area contributed by atoms with E-state index in [0.717, 1.165) is 17.7 Å². The number of H-pyrrole nitrogens is 1. The van der Waals surface area contributed by atoms with Crippen LogP contribution < -0.4 is 10.5 Å². The molecule has 20 heavy (non-hydrogen) atoms. The van der Waals surface area contributed by atoms with Crippen molar-refractivity contribution in [3.05, 3.63) is 52.3 Å². The zero-order valence-electron chi connectivity index (χ0n) is 11.4. The molecule has 0 saturated carbocycles. The zero-order valence-corrected chi connectivity index (χ0v) is 12.2. The number of benzene rings is 1. The molecule has 1 atom stereocenters. The summed E-state index contributed by atoms with van der Waals surface area (Å²) in [6.45, 7) is 2.65. The van der Waals surface area contributed by atoms with Gasteiger partial charge in [-0.15, -0.1) is 11.3 Å². The van der Waals surface area contributed by atoms with Crippen LogP contribution >= 0.6 is 11.3 Å². The third-order valence-corrected chi connectivity index (χ3v) is 4.09. The summed E-state index contributed by atoms with van der Waals surface area (Å²) in [6, 6.07) is 10.4. The van der Waals surface area contributed by atoms with E-state index in [-0.39, 0.29) is 6.04 Å².